The van der Waals surface area contributed by atoms with Crippen molar-refractivity contribution in [3.8, 4) is 0 Å². The number of aliphatic imine (C=N–C) groups is 1. The number of rotatable bonds is 2. The number of hydrogen-bond donors (Lipinski definition) is 0. The number of halogens is 1. The number of isocyanates is 1. The lowest BCUT2D eigenvalue weighted by molar-refractivity contribution is -0.117. The molecule has 0 radical (unpaired) electrons. The number of carbonyl (C=O) groups excluding carboxylic acids is 2. The smallest absolute Gasteiger partial charge is 0.260 e. The Hall–Kier alpha value is -1.80. The number of benzene rings is 1. The highest BCUT2D eigenvalue weighted by Gasteiger charge is 2.01. The number of nitrogens with zero attached hydrogens (tertiary/aromatic N) is 1. The summed E-state index contributed by atoms with van der Waals surface area (Å²) >= 11 is 0. The Morgan fingerprint density at radius 2 is 2.31 bits per heavy atom. The summed E-state index contributed by atoms with van der Waals surface area (Å²) < 4.78 is 12.6. The molecule has 0 aromatic heterocycles. The first kappa shape index (κ1) is 9.29. The lowest BCUT2D eigenvalue weighted by Crippen LogP contribution is -1.98. The monoisotopic (exact) mass is 179 g/mol. The van der Waals surface area contributed by atoms with Crippen LogP contribution in [0.1, 0.15) is 5.56 Å². The van der Waals surface area contributed by atoms with Crippen LogP contribution in [0.3, 0.4) is 0 Å². The summed E-state index contributed by atoms with van der Waals surface area (Å²) in [5, 5.41) is 0. The Kier molecular flexibility index (Phi) is 3.06. The minimum Gasteiger partial charge on any atom is -0.271 e. The fraction of sp³-hybridized carbons (Fsp3) is 0.111. The molecule has 0 N–H and O–H groups in total. The largest absolute Gasteiger partial charge is 0.271 e. The third-order valence-corrected chi connectivity index (χ3v) is 1.41. The summed E-state index contributed by atoms with van der Waals surface area (Å²) in [6.45, 7) is 0. The van der Waals surface area contributed by atoms with Crippen molar-refractivity contribution in [1.29, 1.82) is 0 Å². The maximum atomic E-state index is 12.6. The molecule has 0 heterocycles. The van der Waals surface area contributed by atoms with Gasteiger partial charge in [0.05, 0.1) is 6.42 Å². The maximum Gasteiger partial charge on any atom is 0.260 e. The zero-order valence-electron chi connectivity index (χ0n) is 6.66. The Bertz CT molecular complexity index is 370. The van der Waals surface area contributed by atoms with E-state index in [1.807, 2.05) is 0 Å². The number of carbonyl (C=O) groups is 1. The highest BCUT2D eigenvalue weighted by Crippen LogP contribution is 2.04. The van der Waals surface area contributed by atoms with Crippen LogP contribution in [0.25, 0.3) is 0 Å². The van der Waals surface area contributed by atoms with E-state index in [0.717, 1.165) is 6.08 Å². The van der Waals surface area contributed by atoms with Gasteiger partial charge in [0.25, 0.3) is 5.91 Å². The van der Waals surface area contributed by atoms with E-state index in [1.54, 1.807) is 6.07 Å². The van der Waals surface area contributed by atoms with Gasteiger partial charge in [-0.05, 0) is 17.7 Å². The van der Waals surface area contributed by atoms with E-state index in [9.17, 15) is 14.0 Å². The molecule has 1 amide bonds. The Morgan fingerprint density at radius 1 is 1.54 bits per heavy atom. The quantitative estimate of drug-likeness (QED) is 0.506. The van der Waals surface area contributed by atoms with Gasteiger partial charge in [-0.15, -0.1) is 4.99 Å². The first-order valence-electron chi connectivity index (χ1n) is 3.57. The SMILES string of the molecule is O=C=NC(=O)Cc1cccc(F)c1. The van der Waals surface area contributed by atoms with E-state index in [-0.39, 0.29) is 6.42 Å². The van der Waals surface area contributed by atoms with Crippen molar-refractivity contribution in [3.05, 3.63) is 35.6 Å². The van der Waals surface area contributed by atoms with Crippen LogP contribution >= 0.6 is 0 Å². The molecule has 0 aliphatic carbocycles. The Labute approximate surface area is 73.9 Å². The van der Waals surface area contributed by atoms with Crippen LogP contribution in [0.4, 0.5) is 4.39 Å². The fourth-order valence-electron chi connectivity index (χ4n) is 0.912. The second-order valence-corrected chi connectivity index (χ2v) is 2.40. The van der Waals surface area contributed by atoms with E-state index < -0.39 is 11.7 Å². The third-order valence-electron chi connectivity index (χ3n) is 1.41. The standard InChI is InChI=1S/C9H6FNO2/c10-8-3-1-2-7(4-8)5-9(13)11-6-12/h1-4H,5H2. The molecule has 13 heavy (non-hydrogen) atoms. The van der Waals surface area contributed by atoms with Crippen LogP contribution < -0.4 is 0 Å². The second kappa shape index (κ2) is 4.28. The minimum atomic E-state index is -0.624. The van der Waals surface area contributed by atoms with Crippen molar-refractivity contribution in [1.82, 2.24) is 0 Å². The van der Waals surface area contributed by atoms with E-state index in [4.69, 9.17) is 0 Å². The van der Waals surface area contributed by atoms with E-state index in [0.29, 0.717) is 5.56 Å². The third kappa shape index (κ3) is 2.97. The first-order chi connectivity index (χ1) is 6.22. The van der Waals surface area contributed by atoms with Crippen molar-refractivity contribution in [2.75, 3.05) is 0 Å². The summed E-state index contributed by atoms with van der Waals surface area (Å²) in [6.07, 6.45) is 1.06. The van der Waals surface area contributed by atoms with Gasteiger partial charge in [0.15, 0.2) is 0 Å². The van der Waals surface area contributed by atoms with Gasteiger partial charge in [-0.25, -0.2) is 9.18 Å². The zero-order valence-corrected chi connectivity index (χ0v) is 6.66. The molecule has 3 nitrogen and oxygen atoms in total. The van der Waals surface area contributed by atoms with Crippen molar-refractivity contribution in [3.63, 3.8) is 0 Å². The molecule has 4 heteroatoms. The second-order valence-electron chi connectivity index (χ2n) is 2.40. The van der Waals surface area contributed by atoms with Crippen molar-refractivity contribution in [2.45, 2.75) is 6.42 Å². The molecule has 0 aliphatic rings. The van der Waals surface area contributed by atoms with Crippen LogP contribution in [0.5, 0.6) is 0 Å². The molecular weight excluding hydrogens is 173 g/mol. The maximum absolute atomic E-state index is 12.6. The average Bonchev–Trinajstić information content (AvgIpc) is 2.04. The number of hydrogen-bond acceptors (Lipinski definition) is 2. The summed E-state index contributed by atoms with van der Waals surface area (Å²) in [5.74, 6) is -1.04. The van der Waals surface area contributed by atoms with Crippen molar-refractivity contribution >= 4 is 12.0 Å². The average molecular weight is 179 g/mol. The predicted octanol–water partition coefficient (Wildman–Crippen LogP) is 1.23. The zero-order chi connectivity index (χ0) is 9.68. The van der Waals surface area contributed by atoms with Crippen molar-refractivity contribution in [2.24, 2.45) is 4.99 Å². The molecule has 0 saturated heterocycles. The van der Waals surface area contributed by atoms with Gasteiger partial charge in [-0.1, -0.05) is 12.1 Å². The Balaban J connectivity index is 2.74. The van der Waals surface area contributed by atoms with Gasteiger partial charge in [0.1, 0.15) is 5.82 Å². The minimum absolute atomic E-state index is 0.0764. The highest BCUT2D eigenvalue weighted by atomic mass is 19.1. The molecule has 0 spiro atoms. The molecule has 0 unspecified atom stereocenters. The van der Waals surface area contributed by atoms with Crippen LogP contribution in [0.2, 0.25) is 0 Å². The molecule has 0 saturated carbocycles. The fourth-order valence-corrected chi connectivity index (χ4v) is 0.912. The molecule has 0 fully saturated rings. The molecule has 66 valence electrons. The van der Waals surface area contributed by atoms with Gasteiger partial charge in [0.2, 0.25) is 6.08 Å². The normalized spacial score (nSPS) is 9.00. The van der Waals surface area contributed by atoms with Gasteiger partial charge in [0, 0.05) is 0 Å². The van der Waals surface area contributed by atoms with E-state index in [2.05, 4.69) is 4.99 Å². The van der Waals surface area contributed by atoms with Gasteiger partial charge in [-0.3, -0.25) is 4.79 Å². The van der Waals surface area contributed by atoms with E-state index in [1.165, 1.54) is 18.2 Å². The molecule has 0 bridgehead atoms. The van der Waals surface area contributed by atoms with Crippen molar-refractivity contribution < 1.29 is 14.0 Å². The molecular formula is C9H6FNO2. The topological polar surface area (TPSA) is 46.5 Å². The van der Waals surface area contributed by atoms with Crippen LogP contribution in [-0.2, 0) is 16.0 Å². The summed E-state index contributed by atoms with van der Waals surface area (Å²) in [7, 11) is 0. The lowest BCUT2D eigenvalue weighted by atomic mass is 10.1. The molecule has 0 atom stereocenters. The molecule has 1 aromatic rings. The number of amides is 1. The van der Waals surface area contributed by atoms with Crippen LogP contribution in [0.15, 0.2) is 29.3 Å². The summed E-state index contributed by atoms with van der Waals surface area (Å²) in [5.41, 5.74) is 0.490. The van der Waals surface area contributed by atoms with E-state index >= 15 is 0 Å². The van der Waals surface area contributed by atoms with Crippen LogP contribution in [0, 0.1) is 5.82 Å². The first-order valence-corrected chi connectivity index (χ1v) is 3.57. The predicted molar refractivity (Wildman–Crippen MR) is 43.2 cm³/mol. The summed E-state index contributed by atoms with van der Waals surface area (Å²) in [4.78, 5) is 23.3. The van der Waals surface area contributed by atoms with Gasteiger partial charge < -0.3 is 0 Å². The van der Waals surface area contributed by atoms with Crippen LogP contribution in [-0.4, -0.2) is 12.0 Å². The van der Waals surface area contributed by atoms with Gasteiger partial charge in [-0.2, -0.15) is 0 Å². The molecule has 1 rings (SSSR count). The summed E-state index contributed by atoms with van der Waals surface area (Å²) in [6, 6.07) is 5.57. The highest BCUT2D eigenvalue weighted by molar-refractivity contribution is 5.83. The molecule has 1 aromatic carbocycles. The Morgan fingerprint density at radius 3 is 2.92 bits per heavy atom. The molecule has 0 aliphatic heterocycles. The van der Waals surface area contributed by atoms with Gasteiger partial charge >= 0.3 is 0 Å². The lowest BCUT2D eigenvalue weighted by Gasteiger charge is -1.95.